The topological polar surface area (TPSA) is 49.3 Å². The van der Waals surface area contributed by atoms with Gasteiger partial charge in [-0.3, -0.25) is 4.79 Å². The summed E-state index contributed by atoms with van der Waals surface area (Å²) in [6, 6.07) is -0.388. The molecule has 0 spiro atoms. The zero-order chi connectivity index (χ0) is 7.56. The van der Waals surface area contributed by atoms with Crippen molar-refractivity contribution >= 4 is 5.97 Å². The molecule has 0 aromatic heterocycles. The highest BCUT2D eigenvalue weighted by atomic mass is 16.4. The average Bonchev–Trinajstić information content (AvgIpc) is 2.64. The van der Waals surface area contributed by atoms with E-state index in [1.807, 2.05) is 0 Å². The van der Waals surface area contributed by atoms with Gasteiger partial charge in [0.2, 0.25) is 0 Å². The van der Waals surface area contributed by atoms with E-state index in [2.05, 4.69) is 5.32 Å². The molecular weight excluding hydrogens is 130 g/mol. The van der Waals surface area contributed by atoms with Crippen molar-refractivity contribution in [2.75, 3.05) is 6.54 Å². The van der Waals surface area contributed by atoms with Gasteiger partial charge in [0.25, 0.3) is 0 Å². The Morgan fingerprint density at radius 3 is 2.80 bits per heavy atom. The fourth-order valence-electron chi connectivity index (χ4n) is 0.753. The Bertz CT molecular complexity index is 132. The molecule has 0 aromatic rings. The molecule has 10 heavy (non-hydrogen) atoms. The molecule has 0 unspecified atom stereocenters. The molecule has 0 aromatic carbocycles. The lowest BCUT2D eigenvalue weighted by Crippen LogP contribution is -2.34. The van der Waals surface area contributed by atoms with E-state index in [-0.39, 0.29) is 6.04 Å². The first-order chi connectivity index (χ1) is 4.70. The van der Waals surface area contributed by atoms with Crippen LogP contribution in [0.15, 0.2) is 0 Å². The monoisotopic (exact) mass is 143 g/mol. The van der Waals surface area contributed by atoms with Crippen molar-refractivity contribution in [1.29, 1.82) is 0 Å². The van der Waals surface area contributed by atoms with Crippen molar-refractivity contribution in [3.8, 4) is 0 Å². The zero-order valence-corrected chi connectivity index (χ0v) is 6.13. The van der Waals surface area contributed by atoms with Crippen LogP contribution in [0, 0.1) is 5.92 Å². The van der Waals surface area contributed by atoms with Crippen LogP contribution in [0.3, 0.4) is 0 Å². The summed E-state index contributed by atoms with van der Waals surface area (Å²) < 4.78 is 0. The minimum atomic E-state index is -0.763. The Balaban J connectivity index is 2.05. The van der Waals surface area contributed by atoms with Crippen molar-refractivity contribution in [3.63, 3.8) is 0 Å². The van der Waals surface area contributed by atoms with E-state index >= 15 is 0 Å². The first kappa shape index (κ1) is 7.54. The summed E-state index contributed by atoms with van der Waals surface area (Å²) in [7, 11) is 0. The third-order valence-electron chi connectivity index (χ3n) is 1.78. The molecule has 3 heteroatoms. The molecule has 3 nitrogen and oxygen atoms in total. The number of nitrogens with one attached hydrogen (secondary N) is 1. The molecule has 1 aliphatic rings. The highest BCUT2D eigenvalue weighted by molar-refractivity contribution is 5.72. The highest BCUT2D eigenvalue weighted by Gasteiger charge is 2.22. The minimum absolute atomic E-state index is 0.388. The molecule has 2 N–H and O–H groups in total. The van der Waals surface area contributed by atoms with Crippen LogP contribution in [0.25, 0.3) is 0 Å². The van der Waals surface area contributed by atoms with Crippen molar-refractivity contribution in [3.05, 3.63) is 0 Å². The second-order valence-corrected chi connectivity index (χ2v) is 2.91. The van der Waals surface area contributed by atoms with Crippen LogP contribution < -0.4 is 5.32 Å². The molecule has 0 aliphatic heterocycles. The van der Waals surface area contributed by atoms with Crippen LogP contribution in [0.5, 0.6) is 0 Å². The van der Waals surface area contributed by atoms with Crippen LogP contribution in [-0.4, -0.2) is 23.7 Å². The smallest absolute Gasteiger partial charge is 0.320 e. The van der Waals surface area contributed by atoms with E-state index in [0.29, 0.717) is 0 Å². The second-order valence-electron chi connectivity index (χ2n) is 2.91. The van der Waals surface area contributed by atoms with Crippen molar-refractivity contribution in [1.82, 2.24) is 5.32 Å². The lowest BCUT2D eigenvalue weighted by atomic mass is 10.3. The number of carboxylic acid groups (broad SMARTS) is 1. The fourth-order valence-corrected chi connectivity index (χ4v) is 0.753. The van der Waals surface area contributed by atoms with Gasteiger partial charge in [0.1, 0.15) is 6.04 Å². The summed E-state index contributed by atoms with van der Waals surface area (Å²) in [5.74, 6) is -0.0116. The molecule has 1 atom stereocenters. The number of hydrogen-bond donors (Lipinski definition) is 2. The maximum Gasteiger partial charge on any atom is 0.320 e. The van der Waals surface area contributed by atoms with E-state index in [0.717, 1.165) is 12.5 Å². The lowest BCUT2D eigenvalue weighted by Gasteiger charge is -2.06. The molecule has 1 fully saturated rings. The van der Waals surface area contributed by atoms with Crippen molar-refractivity contribution in [2.24, 2.45) is 5.92 Å². The third kappa shape index (κ3) is 2.35. The zero-order valence-electron chi connectivity index (χ0n) is 6.13. The van der Waals surface area contributed by atoms with Gasteiger partial charge < -0.3 is 10.4 Å². The molecular formula is C7H13NO2. The van der Waals surface area contributed by atoms with Gasteiger partial charge in [-0.05, 0) is 32.2 Å². The van der Waals surface area contributed by atoms with Crippen LogP contribution in [0.4, 0.5) is 0 Å². The third-order valence-corrected chi connectivity index (χ3v) is 1.78. The fraction of sp³-hybridized carbons (Fsp3) is 0.857. The molecule has 0 radical (unpaired) electrons. The Hall–Kier alpha value is -0.570. The number of aliphatic carboxylic acids is 1. The summed E-state index contributed by atoms with van der Waals surface area (Å²) in [6.07, 6.45) is 2.53. The van der Waals surface area contributed by atoms with Gasteiger partial charge in [0, 0.05) is 0 Å². The van der Waals surface area contributed by atoms with E-state index in [1.165, 1.54) is 12.8 Å². The molecule has 0 heterocycles. The van der Waals surface area contributed by atoms with Crippen molar-refractivity contribution < 1.29 is 9.90 Å². The Labute approximate surface area is 60.4 Å². The van der Waals surface area contributed by atoms with Crippen LogP contribution in [0.1, 0.15) is 19.8 Å². The Morgan fingerprint density at radius 2 is 2.40 bits per heavy atom. The van der Waals surface area contributed by atoms with Crippen LogP contribution >= 0.6 is 0 Å². The summed E-state index contributed by atoms with van der Waals surface area (Å²) in [4.78, 5) is 10.3. The molecule has 58 valence electrons. The van der Waals surface area contributed by atoms with E-state index in [9.17, 15) is 4.79 Å². The van der Waals surface area contributed by atoms with Crippen molar-refractivity contribution in [2.45, 2.75) is 25.8 Å². The molecule has 0 amide bonds. The summed E-state index contributed by atoms with van der Waals surface area (Å²) in [5.41, 5.74) is 0. The Kier molecular flexibility index (Phi) is 2.27. The summed E-state index contributed by atoms with van der Waals surface area (Å²) in [5, 5.41) is 11.4. The Morgan fingerprint density at radius 1 is 1.80 bits per heavy atom. The molecule has 1 aliphatic carbocycles. The number of rotatable bonds is 4. The molecule has 1 saturated carbocycles. The van der Waals surface area contributed by atoms with Gasteiger partial charge >= 0.3 is 5.97 Å². The lowest BCUT2D eigenvalue weighted by molar-refractivity contribution is -0.139. The number of hydrogen-bond acceptors (Lipinski definition) is 2. The predicted molar refractivity (Wildman–Crippen MR) is 37.8 cm³/mol. The quantitative estimate of drug-likeness (QED) is 0.601. The predicted octanol–water partition coefficient (Wildman–Crippen LogP) is 0.459. The average molecular weight is 143 g/mol. The largest absolute Gasteiger partial charge is 0.480 e. The normalized spacial score (nSPS) is 20.5. The number of carbonyl (C=O) groups is 1. The maximum absolute atomic E-state index is 10.3. The minimum Gasteiger partial charge on any atom is -0.480 e. The molecule has 0 saturated heterocycles. The van der Waals surface area contributed by atoms with E-state index < -0.39 is 5.97 Å². The first-order valence-electron chi connectivity index (χ1n) is 3.66. The molecule has 1 rings (SSSR count). The van der Waals surface area contributed by atoms with E-state index in [1.54, 1.807) is 6.92 Å². The van der Waals surface area contributed by atoms with Gasteiger partial charge in [0.05, 0.1) is 0 Å². The first-order valence-corrected chi connectivity index (χ1v) is 3.66. The van der Waals surface area contributed by atoms with Gasteiger partial charge in [-0.1, -0.05) is 0 Å². The SMILES string of the molecule is C[C@H](NCC1CC1)C(=O)O. The van der Waals surface area contributed by atoms with Crippen LogP contribution in [-0.2, 0) is 4.79 Å². The van der Waals surface area contributed by atoms with Gasteiger partial charge in [-0.15, -0.1) is 0 Å². The summed E-state index contributed by atoms with van der Waals surface area (Å²) >= 11 is 0. The maximum atomic E-state index is 10.3. The standard InChI is InChI=1S/C7H13NO2/c1-5(7(9)10)8-4-6-2-3-6/h5-6,8H,2-4H2,1H3,(H,9,10)/t5-/m0/s1. The van der Waals surface area contributed by atoms with Gasteiger partial charge in [0.15, 0.2) is 0 Å². The van der Waals surface area contributed by atoms with Gasteiger partial charge in [-0.25, -0.2) is 0 Å². The van der Waals surface area contributed by atoms with E-state index in [4.69, 9.17) is 5.11 Å². The summed E-state index contributed by atoms with van der Waals surface area (Å²) in [6.45, 7) is 2.54. The highest BCUT2D eigenvalue weighted by Crippen LogP contribution is 2.27. The number of carboxylic acids is 1. The van der Waals surface area contributed by atoms with Gasteiger partial charge in [-0.2, -0.15) is 0 Å². The second kappa shape index (κ2) is 3.01. The van der Waals surface area contributed by atoms with Crippen LogP contribution in [0.2, 0.25) is 0 Å². The molecule has 0 bridgehead atoms.